The van der Waals surface area contributed by atoms with Gasteiger partial charge in [0.1, 0.15) is 11.0 Å². The van der Waals surface area contributed by atoms with Gasteiger partial charge in [-0.25, -0.2) is 0 Å². The van der Waals surface area contributed by atoms with Crippen molar-refractivity contribution in [1.29, 1.82) is 0 Å². The predicted molar refractivity (Wildman–Crippen MR) is 324 cm³/mol. The molecular formula is C72H48N4S. The first-order chi connectivity index (χ1) is 38.2. The Kier molecular flexibility index (Phi) is 11.7. The number of hydrogen-bond acceptors (Lipinski definition) is 4. The molecule has 0 fully saturated rings. The van der Waals surface area contributed by atoms with E-state index in [9.17, 15) is 0 Å². The summed E-state index contributed by atoms with van der Waals surface area (Å²) in [5.41, 5.74) is 24.3. The predicted octanol–water partition coefficient (Wildman–Crippen LogP) is 19.9. The molecule has 0 saturated carbocycles. The molecule has 0 aliphatic rings. The van der Waals surface area contributed by atoms with Crippen molar-refractivity contribution in [2.45, 2.75) is 0 Å². The quantitative estimate of drug-likeness (QED) is 0.129. The van der Waals surface area contributed by atoms with Gasteiger partial charge in [0, 0.05) is 33.4 Å². The molecular weight excluding hydrogens is 953 g/mol. The first-order valence-electron chi connectivity index (χ1n) is 26.0. The summed E-state index contributed by atoms with van der Waals surface area (Å²) in [5.74, 6) is 0. The monoisotopic (exact) mass is 1000 g/mol. The third-order valence-electron chi connectivity index (χ3n) is 14.9. The highest BCUT2D eigenvalue weighted by Gasteiger charge is 2.22. The van der Waals surface area contributed by atoms with Gasteiger partial charge in [0.15, 0.2) is 0 Å². The number of anilines is 3. The van der Waals surface area contributed by atoms with Crippen LogP contribution in [0.15, 0.2) is 291 Å². The summed E-state index contributed by atoms with van der Waals surface area (Å²) < 4.78 is 12.4. The van der Waals surface area contributed by atoms with Crippen LogP contribution in [0.2, 0.25) is 0 Å². The molecule has 14 rings (SSSR count). The summed E-state index contributed by atoms with van der Waals surface area (Å²) in [5, 5.41) is 2.49. The van der Waals surface area contributed by atoms with E-state index in [2.05, 4.69) is 301 Å². The molecule has 2 aromatic heterocycles. The van der Waals surface area contributed by atoms with E-state index in [1.165, 1.54) is 78.0 Å². The molecule has 0 aliphatic carbocycles. The van der Waals surface area contributed by atoms with Crippen molar-refractivity contribution in [3.05, 3.63) is 291 Å². The number of fused-ring (bicyclic) bond motifs is 4. The molecule has 0 amide bonds. The highest BCUT2D eigenvalue weighted by Crippen LogP contribution is 2.44. The smallest absolute Gasteiger partial charge is 0.129 e. The number of rotatable bonds is 11. The van der Waals surface area contributed by atoms with Gasteiger partial charge in [-0.1, -0.05) is 194 Å². The van der Waals surface area contributed by atoms with Crippen LogP contribution in [0, 0.1) is 0 Å². The Bertz CT molecular complexity index is 4060. The second kappa shape index (κ2) is 19.7. The number of nitrogens with zero attached hydrogens (tertiary/aromatic N) is 4. The Morgan fingerprint density at radius 1 is 0.273 bits per heavy atom. The zero-order chi connectivity index (χ0) is 51.1. The fourth-order valence-electron chi connectivity index (χ4n) is 11.1. The Balaban J connectivity index is 0.875. The number of aromatic nitrogens is 3. The zero-order valence-corrected chi connectivity index (χ0v) is 42.7. The maximum atomic E-state index is 5.07. The molecule has 0 atom stereocenters. The molecule has 0 spiro atoms. The van der Waals surface area contributed by atoms with Crippen LogP contribution in [0.3, 0.4) is 0 Å². The van der Waals surface area contributed by atoms with Crippen molar-refractivity contribution in [3.63, 3.8) is 0 Å². The van der Waals surface area contributed by atoms with Gasteiger partial charge in [0.25, 0.3) is 0 Å². The minimum absolute atomic E-state index is 0.846. The maximum absolute atomic E-state index is 5.07. The Hall–Kier alpha value is -9.94. The first-order valence-corrected chi connectivity index (χ1v) is 26.8. The van der Waals surface area contributed by atoms with Crippen LogP contribution in [0.1, 0.15) is 0 Å². The number of hydrogen-bond donors (Lipinski definition) is 0. The van der Waals surface area contributed by atoms with Gasteiger partial charge in [0.05, 0.1) is 28.4 Å². The van der Waals surface area contributed by atoms with E-state index in [4.69, 9.17) is 8.75 Å². The molecule has 0 aliphatic heterocycles. The van der Waals surface area contributed by atoms with Gasteiger partial charge in [0.2, 0.25) is 0 Å². The SMILES string of the molecule is c1ccc(-c2cc(-c3ccccc3)cc(-c3ccc(N(c4ccc(-c5cc(-c6ccccc6)cc(-c6ccccc6)c5)cc4)c4ccc(-c5ccc(-n6c7ccccc7c7ccccc76)cc5)c5nsnc45)cc3)c2)cc1. The first kappa shape index (κ1) is 45.7. The molecule has 77 heavy (non-hydrogen) atoms. The summed E-state index contributed by atoms with van der Waals surface area (Å²) >= 11 is 1.25. The van der Waals surface area contributed by atoms with Crippen molar-refractivity contribution in [2.24, 2.45) is 0 Å². The fourth-order valence-corrected chi connectivity index (χ4v) is 11.6. The number of benzene rings is 12. The third-order valence-corrected chi connectivity index (χ3v) is 15.4. The minimum atomic E-state index is 0.846. The van der Waals surface area contributed by atoms with Gasteiger partial charge in [-0.05, 0) is 169 Å². The molecule has 362 valence electrons. The average molecular weight is 1000 g/mol. The highest BCUT2D eigenvalue weighted by atomic mass is 32.1. The van der Waals surface area contributed by atoms with Crippen molar-refractivity contribution in [1.82, 2.24) is 13.3 Å². The van der Waals surface area contributed by atoms with Crippen LogP contribution >= 0.6 is 11.7 Å². The second-order valence-corrected chi connectivity index (χ2v) is 20.0. The summed E-state index contributed by atoms with van der Waals surface area (Å²) in [6.45, 7) is 0. The van der Waals surface area contributed by atoms with E-state index in [0.717, 1.165) is 67.2 Å². The van der Waals surface area contributed by atoms with E-state index in [1.54, 1.807) is 0 Å². The van der Waals surface area contributed by atoms with Crippen LogP contribution in [0.25, 0.3) is 116 Å². The maximum Gasteiger partial charge on any atom is 0.129 e. The highest BCUT2D eigenvalue weighted by molar-refractivity contribution is 7.00. The molecule has 5 heteroatoms. The molecule has 0 unspecified atom stereocenters. The van der Waals surface area contributed by atoms with E-state index in [1.807, 2.05) is 0 Å². The topological polar surface area (TPSA) is 34.0 Å². The number of para-hydroxylation sites is 2. The Morgan fingerprint density at radius 2 is 0.610 bits per heavy atom. The third kappa shape index (κ3) is 8.65. The second-order valence-electron chi connectivity index (χ2n) is 19.5. The molecule has 0 bridgehead atoms. The van der Waals surface area contributed by atoms with E-state index in [-0.39, 0.29) is 0 Å². The summed E-state index contributed by atoms with van der Waals surface area (Å²) in [4.78, 5) is 2.33. The van der Waals surface area contributed by atoms with Crippen LogP contribution < -0.4 is 4.90 Å². The van der Waals surface area contributed by atoms with E-state index in [0.29, 0.717) is 0 Å². The van der Waals surface area contributed by atoms with E-state index >= 15 is 0 Å². The largest absolute Gasteiger partial charge is 0.309 e. The van der Waals surface area contributed by atoms with Crippen molar-refractivity contribution >= 4 is 61.6 Å². The van der Waals surface area contributed by atoms with Crippen LogP contribution in [0.4, 0.5) is 17.1 Å². The Morgan fingerprint density at radius 3 is 1.01 bits per heavy atom. The molecule has 0 N–H and O–H groups in total. The molecule has 0 radical (unpaired) electrons. The molecule has 12 aromatic carbocycles. The lowest BCUT2D eigenvalue weighted by molar-refractivity contribution is 1.18. The van der Waals surface area contributed by atoms with Gasteiger partial charge in [-0.15, -0.1) is 0 Å². The standard InChI is InChI=1S/C72H48N4S/c1-5-17-49(18-6-1)56-43-57(50-19-7-2-8-20-50)46-60(45-56)53-29-35-62(36-30-53)75(63-37-31-54(32-38-63)61-47-58(51-21-9-3-10-22-51)44-59(48-61)52-23-11-4-12-24-52)70-42-41-65(71-72(70)74-77-73-71)55-33-39-64(40-34-55)76-68-27-15-13-25-66(68)67-26-14-16-28-69(67)76/h1-48H. The molecule has 4 nitrogen and oxygen atoms in total. The summed E-state index contributed by atoms with van der Waals surface area (Å²) in [6, 6.07) is 105. The van der Waals surface area contributed by atoms with Crippen molar-refractivity contribution in [3.8, 4) is 83.6 Å². The Labute approximate surface area is 452 Å². The summed E-state index contributed by atoms with van der Waals surface area (Å²) in [6.07, 6.45) is 0. The lowest BCUT2D eigenvalue weighted by atomic mass is 9.93. The molecule has 0 saturated heterocycles. The lowest BCUT2D eigenvalue weighted by Gasteiger charge is -2.26. The molecule has 2 heterocycles. The van der Waals surface area contributed by atoms with Crippen molar-refractivity contribution in [2.75, 3.05) is 4.90 Å². The van der Waals surface area contributed by atoms with Gasteiger partial charge >= 0.3 is 0 Å². The van der Waals surface area contributed by atoms with Crippen LogP contribution in [-0.2, 0) is 0 Å². The normalized spacial score (nSPS) is 11.4. The zero-order valence-electron chi connectivity index (χ0n) is 41.9. The fraction of sp³-hybridized carbons (Fsp3) is 0. The van der Waals surface area contributed by atoms with Crippen LogP contribution in [-0.4, -0.2) is 13.3 Å². The van der Waals surface area contributed by atoms with Crippen molar-refractivity contribution < 1.29 is 0 Å². The van der Waals surface area contributed by atoms with E-state index < -0.39 is 0 Å². The average Bonchev–Trinajstić information content (AvgIpc) is 4.20. The van der Waals surface area contributed by atoms with Gasteiger partial charge < -0.3 is 9.47 Å². The summed E-state index contributed by atoms with van der Waals surface area (Å²) in [7, 11) is 0. The van der Waals surface area contributed by atoms with Crippen LogP contribution in [0.5, 0.6) is 0 Å². The van der Waals surface area contributed by atoms with Gasteiger partial charge in [-0.2, -0.15) is 8.75 Å². The minimum Gasteiger partial charge on any atom is -0.309 e. The molecule has 14 aromatic rings. The lowest BCUT2D eigenvalue weighted by Crippen LogP contribution is -2.10. The van der Waals surface area contributed by atoms with Gasteiger partial charge in [-0.3, -0.25) is 0 Å².